The quantitative estimate of drug-likeness (QED) is 0.370. The summed E-state index contributed by atoms with van der Waals surface area (Å²) in [5, 5.41) is 3.33. The highest BCUT2D eigenvalue weighted by atomic mass is 16.5. The molecule has 5 rings (SSSR count). The highest BCUT2D eigenvalue weighted by Crippen LogP contribution is 2.48. The number of carbonyl (C=O) groups excluding carboxylic acids is 2. The van der Waals surface area contributed by atoms with E-state index in [4.69, 9.17) is 14.2 Å². The average Bonchev–Trinajstić information content (AvgIpc) is 3.19. The SMILES string of the molecule is CCOC(=O)C1=C(C)NC2=C(C(=O)c3ccccc32)[C@H]1c1ccc(OCc2cccc(C)c2)c(OCC)c1. The summed E-state index contributed by atoms with van der Waals surface area (Å²) in [7, 11) is 0. The first-order chi connectivity index (χ1) is 18.4. The summed E-state index contributed by atoms with van der Waals surface area (Å²) in [5.74, 6) is -0.00674. The lowest BCUT2D eigenvalue weighted by atomic mass is 9.79. The third-order valence-corrected chi connectivity index (χ3v) is 6.82. The van der Waals surface area contributed by atoms with E-state index in [0.29, 0.717) is 47.1 Å². The number of allylic oxidation sites excluding steroid dienone is 2. The normalized spacial score (nSPS) is 16.1. The van der Waals surface area contributed by atoms with E-state index >= 15 is 0 Å². The third-order valence-electron chi connectivity index (χ3n) is 6.82. The van der Waals surface area contributed by atoms with Gasteiger partial charge >= 0.3 is 5.97 Å². The minimum absolute atomic E-state index is 0.0971. The summed E-state index contributed by atoms with van der Waals surface area (Å²) < 4.78 is 17.6. The number of nitrogens with one attached hydrogen (secondary N) is 1. The van der Waals surface area contributed by atoms with E-state index in [2.05, 4.69) is 11.4 Å². The highest BCUT2D eigenvalue weighted by molar-refractivity contribution is 6.23. The first-order valence-corrected chi connectivity index (χ1v) is 12.9. The van der Waals surface area contributed by atoms with Gasteiger partial charge < -0.3 is 19.5 Å². The predicted molar refractivity (Wildman–Crippen MR) is 146 cm³/mol. The summed E-state index contributed by atoms with van der Waals surface area (Å²) in [6.45, 7) is 8.64. The topological polar surface area (TPSA) is 73.9 Å². The second-order valence-corrected chi connectivity index (χ2v) is 9.40. The smallest absolute Gasteiger partial charge is 0.336 e. The van der Waals surface area contributed by atoms with Crippen molar-refractivity contribution in [2.45, 2.75) is 40.2 Å². The molecule has 1 heterocycles. The van der Waals surface area contributed by atoms with Gasteiger partial charge in [0.2, 0.25) is 0 Å². The summed E-state index contributed by atoms with van der Waals surface area (Å²) in [5.41, 5.74) is 6.79. The van der Waals surface area contributed by atoms with Crippen molar-refractivity contribution in [3.05, 3.63) is 111 Å². The first-order valence-electron chi connectivity index (χ1n) is 12.9. The minimum atomic E-state index is -0.616. The van der Waals surface area contributed by atoms with Crippen LogP contribution in [0, 0.1) is 6.92 Å². The number of fused-ring (bicyclic) bond motifs is 2. The molecule has 1 atom stereocenters. The monoisotopic (exact) mass is 509 g/mol. The largest absolute Gasteiger partial charge is 0.490 e. The van der Waals surface area contributed by atoms with E-state index in [9.17, 15) is 9.59 Å². The Hall–Kier alpha value is -4.32. The van der Waals surface area contributed by atoms with Crippen molar-refractivity contribution in [3.8, 4) is 11.5 Å². The molecular formula is C32H31NO5. The zero-order valence-corrected chi connectivity index (χ0v) is 22.1. The molecule has 0 saturated carbocycles. The number of dihydropyridines is 1. The fraction of sp³-hybridized carbons (Fsp3) is 0.250. The number of hydrogen-bond donors (Lipinski definition) is 1. The predicted octanol–water partition coefficient (Wildman–Crippen LogP) is 6.10. The van der Waals surface area contributed by atoms with Gasteiger partial charge in [0.25, 0.3) is 0 Å². The van der Waals surface area contributed by atoms with Crippen molar-refractivity contribution in [2.75, 3.05) is 13.2 Å². The summed E-state index contributed by atoms with van der Waals surface area (Å²) in [4.78, 5) is 26.9. The Kier molecular flexibility index (Phi) is 7.05. The Morgan fingerprint density at radius 1 is 0.868 bits per heavy atom. The van der Waals surface area contributed by atoms with Gasteiger partial charge in [-0.25, -0.2) is 4.79 Å². The molecule has 1 aliphatic carbocycles. The Balaban J connectivity index is 1.58. The molecule has 0 radical (unpaired) electrons. The van der Waals surface area contributed by atoms with Crippen molar-refractivity contribution in [1.82, 2.24) is 5.32 Å². The fourth-order valence-electron chi connectivity index (χ4n) is 5.20. The molecule has 0 fully saturated rings. The molecule has 3 aromatic carbocycles. The number of esters is 1. The maximum Gasteiger partial charge on any atom is 0.336 e. The van der Waals surface area contributed by atoms with Crippen LogP contribution in [0.1, 0.15) is 59.3 Å². The van der Waals surface area contributed by atoms with Gasteiger partial charge in [0, 0.05) is 28.3 Å². The average molecular weight is 510 g/mol. The van der Waals surface area contributed by atoms with E-state index in [1.807, 2.05) is 81.4 Å². The van der Waals surface area contributed by atoms with E-state index in [1.165, 1.54) is 0 Å². The molecular weight excluding hydrogens is 478 g/mol. The number of Topliss-reactive ketones (excluding diaryl/α,β-unsaturated/α-hetero) is 1. The second kappa shape index (κ2) is 10.6. The lowest BCUT2D eigenvalue weighted by Crippen LogP contribution is -2.29. The summed E-state index contributed by atoms with van der Waals surface area (Å²) in [6.07, 6.45) is 0. The standard InChI is InChI=1S/C32H31NO5/c1-5-36-26-17-22(14-15-25(26)38-18-21-11-9-10-19(3)16-21)28-27(32(35)37-6-2)20(4)33-30-23-12-7-8-13-24(23)31(34)29(28)30/h7-17,28,33H,5-6,18H2,1-4H3/t28-/m0/s1. The minimum Gasteiger partial charge on any atom is -0.490 e. The van der Waals surface area contributed by atoms with E-state index in [1.54, 1.807) is 6.92 Å². The van der Waals surface area contributed by atoms with Crippen LogP contribution in [0.25, 0.3) is 5.70 Å². The Morgan fingerprint density at radius 2 is 1.66 bits per heavy atom. The van der Waals surface area contributed by atoms with Crippen LogP contribution < -0.4 is 14.8 Å². The molecule has 2 aliphatic rings. The van der Waals surface area contributed by atoms with Gasteiger partial charge in [-0.1, -0.05) is 60.2 Å². The second-order valence-electron chi connectivity index (χ2n) is 9.40. The molecule has 3 aromatic rings. The molecule has 0 saturated heterocycles. The molecule has 0 aromatic heterocycles. The maximum atomic E-state index is 13.7. The number of rotatable bonds is 8. The Bertz CT molecular complexity index is 1480. The first kappa shape index (κ1) is 25.3. The Labute approximate surface area is 222 Å². The molecule has 0 amide bonds. The van der Waals surface area contributed by atoms with Crippen LogP contribution >= 0.6 is 0 Å². The van der Waals surface area contributed by atoms with Crippen LogP contribution in [-0.4, -0.2) is 25.0 Å². The van der Waals surface area contributed by atoms with Crippen molar-refractivity contribution >= 4 is 17.4 Å². The van der Waals surface area contributed by atoms with Crippen molar-refractivity contribution in [3.63, 3.8) is 0 Å². The zero-order chi connectivity index (χ0) is 26.8. The lowest BCUT2D eigenvalue weighted by Gasteiger charge is -2.29. The van der Waals surface area contributed by atoms with Gasteiger partial charge in [-0.15, -0.1) is 0 Å². The van der Waals surface area contributed by atoms with Gasteiger partial charge in [0.05, 0.1) is 24.5 Å². The lowest BCUT2D eigenvalue weighted by molar-refractivity contribution is -0.138. The number of benzene rings is 3. The number of ether oxygens (including phenoxy) is 3. The molecule has 0 unspecified atom stereocenters. The molecule has 0 spiro atoms. The number of aryl methyl sites for hydroxylation is 1. The number of ketones is 1. The van der Waals surface area contributed by atoms with Crippen LogP contribution in [0.5, 0.6) is 11.5 Å². The summed E-state index contributed by atoms with van der Waals surface area (Å²) >= 11 is 0. The molecule has 194 valence electrons. The van der Waals surface area contributed by atoms with Gasteiger partial charge in [0.15, 0.2) is 17.3 Å². The fourth-order valence-corrected chi connectivity index (χ4v) is 5.20. The van der Waals surface area contributed by atoms with Crippen molar-refractivity contribution in [2.24, 2.45) is 0 Å². The van der Waals surface area contributed by atoms with Crippen LogP contribution in [0.2, 0.25) is 0 Å². The van der Waals surface area contributed by atoms with Crippen molar-refractivity contribution < 1.29 is 23.8 Å². The van der Waals surface area contributed by atoms with Gasteiger partial charge in [-0.05, 0) is 51.0 Å². The third kappa shape index (κ3) is 4.58. The van der Waals surface area contributed by atoms with Crippen LogP contribution in [-0.2, 0) is 16.1 Å². The Morgan fingerprint density at radius 3 is 2.39 bits per heavy atom. The van der Waals surface area contributed by atoms with Crippen molar-refractivity contribution in [1.29, 1.82) is 0 Å². The van der Waals surface area contributed by atoms with Gasteiger partial charge in [-0.3, -0.25) is 4.79 Å². The molecule has 6 nitrogen and oxygen atoms in total. The van der Waals surface area contributed by atoms with Gasteiger partial charge in [-0.2, -0.15) is 0 Å². The number of hydrogen-bond acceptors (Lipinski definition) is 6. The highest BCUT2D eigenvalue weighted by Gasteiger charge is 2.43. The van der Waals surface area contributed by atoms with E-state index in [-0.39, 0.29) is 12.4 Å². The van der Waals surface area contributed by atoms with Gasteiger partial charge in [0.1, 0.15) is 6.61 Å². The zero-order valence-electron chi connectivity index (χ0n) is 22.1. The molecule has 1 N–H and O–H groups in total. The molecule has 0 bridgehead atoms. The molecule has 6 heteroatoms. The van der Waals surface area contributed by atoms with Crippen LogP contribution in [0.3, 0.4) is 0 Å². The number of carbonyl (C=O) groups is 2. The van der Waals surface area contributed by atoms with Crippen LogP contribution in [0.4, 0.5) is 0 Å². The molecule has 38 heavy (non-hydrogen) atoms. The van der Waals surface area contributed by atoms with Crippen LogP contribution in [0.15, 0.2) is 83.6 Å². The molecule has 1 aliphatic heterocycles. The van der Waals surface area contributed by atoms with E-state index in [0.717, 1.165) is 28.0 Å². The maximum absolute atomic E-state index is 13.7. The van der Waals surface area contributed by atoms with E-state index < -0.39 is 11.9 Å². The summed E-state index contributed by atoms with van der Waals surface area (Å²) in [6, 6.07) is 21.3.